The Morgan fingerprint density at radius 2 is 1.90 bits per heavy atom. The van der Waals surface area contributed by atoms with Crippen molar-refractivity contribution in [2.24, 2.45) is 0 Å². The van der Waals surface area contributed by atoms with Crippen LogP contribution >= 0.6 is 34.7 Å². The molecule has 2 atom stereocenters. The number of allylic oxidation sites excluding steroid dienone is 3. The smallest absolute Gasteiger partial charge is 0.242 e. The number of halogens is 1. The molecule has 3 aromatic rings. The van der Waals surface area contributed by atoms with Crippen molar-refractivity contribution in [1.29, 1.82) is 0 Å². The van der Waals surface area contributed by atoms with E-state index in [1.54, 1.807) is 12.2 Å². The maximum atomic E-state index is 13.7. The molecule has 0 radical (unpaired) electrons. The third-order valence-electron chi connectivity index (χ3n) is 7.03. The lowest BCUT2D eigenvalue weighted by Gasteiger charge is -2.41. The van der Waals surface area contributed by atoms with Crippen molar-refractivity contribution in [2.75, 3.05) is 31.2 Å². The Balaban J connectivity index is 1.59. The molecule has 200 valence electrons. The number of ketones is 1. The molecule has 2 aliphatic rings. The number of benzene rings is 2. The van der Waals surface area contributed by atoms with Gasteiger partial charge in [-0.3, -0.25) is 9.59 Å². The number of anilines is 1. The van der Waals surface area contributed by atoms with E-state index in [1.165, 1.54) is 11.3 Å². The second-order valence-electron chi connectivity index (χ2n) is 9.42. The van der Waals surface area contributed by atoms with Gasteiger partial charge in [-0.1, -0.05) is 67.2 Å². The molecule has 2 unspecified atom stereocenters. The fourth-order valence-electron chi connectivity index (χ4n) is 5.12. The molecule has 0 aliphatic carbocycles. The maximum absolute atomic E-state index is 13.7. The lowest BCUT2D eigenvalue weighted by molar-refractivity contribution is -0.132. The van der Waals surface area contributed by atoms with E-state index < -0.39 is 10.8 Å². The molecule has 39 heavy (non-hydrogen) atoms. The van der Waals surface area contributed by atoms with Crippen LogP contribution in [0.25, 0.3) is 11.1 Å². The van der Waals surface area contributed by atoms with E-state index in [2.05, 4.69) is 47.6 Å². The summed E-state index contributed by atoms with van der Waals surface area (Å²) in [6.07, 6.45) is 3.35. The molecule has 2 aromatic carbocycles. The Labute approximate surface area is 242 Å². The first-order valence-corrected chi connectivity index (χ1v) is 14.9. The summed E-state index contributed by atoms with van der Waals surface area (Å²) in [5.41, 5.74) is 4.00. The van der Waals surface area contributed by atoms with Crippen LogP contribution in [0.15, 0.2) is 101 Å². The van der Waals surface area contributed by atoms with Gasteiger partial charge in [-0.2, -0.15) is 11.3 Å². The van der Waals surface area contributed by atoms with Crippen molar-refractivity contribution in [1.82, 2.24) is 5.32 Å². The lowest BCUT2D eigenvalue weighted by Crippen LogP contribution is -2.58. The number of carbonyl (C=O) groups is 2. The summed E-state index contributed by atoms with van der Waals surface area (Å²) in [6, 6.07) is 18.5. The van der Waals surface area contributed by atoms with E-state index in [0.29, 0.717) is 18.1 Å². The van der Waals surface area contributed by atoms with Gasteiger partial charge in [0.1, 0.15) is 5.25 Å². The monoisotopic (exact) mass is 576 g/mol. The number of ether oxygens (including phenoxy) is 1. The number of nitrogens with zero attached hydrogens (tertiary/aromatic N) is 1. The maximum Gasteiger partial charge on any atom is 0.242 e. The number of hydrogen-bond donors (Lipinski definition) is 1. The highest BCUT2D eigenvalue weighted by Gasteiger charge is 2.48. The highest BCUT2D eigenvalue weighted by molar-refractivity contribution is 8.05. The van der Waals surface area contributed by atoms with Crippen LogP contribution in [0.3, 0.4) is 0 Å². The molecular formula is C31H29ClN2O3S2. The molecule has 0 bridgehead atoms. The highest BCUT2D eigenvalue weighted by Crippen LogP contribution is 2.44. The van der Waals surface area contributed by atoms with E-state index in [1.807, 2.05) is 41.1 Å². The SMILES string of the molecule is C=C/C=C(/SC1C(=O)CC(c2ccsc2)(c2ccc(N3CCOCC3)c(-c3ccccc3)c2)NC1=O)C(=C)Cl. The minimum absolute atomic E-state index is 0.119. The van der Waals surface area contributed by atoms with Crippen molar-refractivity contribution >= 4 is 52.1 Å². The van der Waals surface area contributed by atoms with Crippen molar-refractivity contribution in [2.45, 2.75) is 17.2 Å². The fourth-order valence-corrected chi connectivity index (χ4v) is 6.98. The average Bonchev–Trinajstić information content (AvgIpc) is 3.51. The molecule has 8 heteroatoms. The summed E-state index contributed by atoms with van der Waals surface area (Å²) in [5.74, 6) is -0.518. The van der Waals surface area contributed by atoms with Crippen LogP contribution in [0, 0.1) is 0 Å². The number of carbonyl (C=O) groups excluding carboxylic acids is 2. The van der Waals surface area contributed by atoms with E-state index in [4.69, 9.17) is 16.3 Å². The molecule has 5 rings (SSSR count). The third kappa shape index (κ3) is 5.63. The first-order chi connectivity index (χ1) is 18.9. The standard InChI is InChI=1S/C31H29ClN2O3S2/c1-3-7-28(21(2)32)39-29-27(35)19-31(33-30(29)36,24-12-17-38-20-24)23-10-11-26(34-13-15-37-16-14-34)25(18-23)22-8-5-4-6-9-22/h3-12,17-18,20,29H,1-2,13-16,19H2,(H,33,36)/b28-7+. The van der Waals surface area contributed by atoms with E-state index >= 15 is 0 Å². The number of thioether (sulfide) groups is 1. The first-order valence-electron chi connectivity index (χ1n) is 12.7. The fraction of sp³-hybridized carbons (Fsp3) is 0.226. The number of rotatable bonds is 8. The zero-order valence-corrected chi connectivity index (χ0v) is 23.8. The predicted molar refractivity (Wildman–Crippen MR) is 162 cm³/mol. The molecular weight excluding hydrogens is 548 g/mol. The van der Waals surface area contributed by atoms with Gasteiger partial charge in [-0.05, 0) is 51.7 Å². The normalized spacial score (nSPS) is 21.9. The summed E-state index contributed by atoms with van der Waals surface area (Å²) in [5, 5.41) is 6.57. The van der Waals surface area contributed by atoms with Crippen LogP contribution in [-0.2, 0) is 19.9 Å². The second-order valence-corrected chi connectivity index (χ2v) is 11.8. The van der Waals surface area contributed by atoms with Gasteiger partial charge in [0.25, 0.3) is 0 Å². The van der Waals surface area contributed by atoms with Gasteiger partial charge in [0.2, 0.25) is 5.91 Å². The van der Waals surface area contributed by atoms with Gasteiger partial charge in [0.05, 0.1) is 18.8 Å². The largest absolute Gasteiger partial charge is 0.378 e. The molecule has 2 fully saturated rings. The molecule has 1 N–H and O–H groups in total. The number of piperidine rings is 1. The molecule has 3 heterocycles. The van der Waals surface area contributed by atoms with Crippen molar-refractivity contribution in [3.63, 3.8) is 0 Å². The Morgan fingerprint density at radius 1 is 1.13 bits per heavy atom. The highest BCUT2D eigenvalue weighted by atomic mass is 35.5. The van der Waals surface area contributed by atoms with Crippen molar-refractivity contribution in [3.05, 3.63) is 112 Å². The number of nitrogens with one attached hydrogen (secondary N) is 1. The zero-order chi connectivity index (χ0) is 27.4. The Kier molecular flexibility index (Phi) is 8.43. The molecule has 0 spiro atoms. The van der Waals surface area contributed by atoms with Crippen LogP contribution in [0.5, 0.6) is 0 Å². The van der Waals surface area contributed by atoms with Gasteiger partial charge < -0.3 is 15.0 Å². The number of morpholine rings is 1. The number of thiophene rings is 1. The van der Waals surface area contributed by atoms with Crippen molar-refractivity contribution < 1.29 is 14.3 Å². The van der Waals surface area contributed by atoms with Crippen LogP contribution < -0.4 is 10.2 Å². The Bertz CT molecular complexity index is 1390. The predicted octanol–water partition coefficient (Wildman–Crippen LogP) is 6.51. The minimum atomic E-state index is -0.988. The first kappa shape index (κ1) is 27.5. The van der Waals surface area contributed by atoms with Gasteiger partial charge in [-0.15, -0.1) is 11.8 Å². The van der Waals surface area contributed by atoms with Crippen molar-refractivity contribution in [3.8, 4) is 11.1 Å². The lowest BCUT2D eigenvalue weighted by atomic mass is 9.76. The summed E-state index contributed by atoms with van der Waals surface area (Å²) in [4.78, 5) is 30.2. The third-order valence-corrected chi connectivity index (χ3v) is 9.38. The average molecular weight is 577 g/mol. The molecule has 2 saturated heterocycles. The quantitative estimate of drug-likeness (QED) is 0.245. The summed E-state index contributed by atoms with van der Waals surface area (Å²) in [6.45, 7) is 10.4. The van der Waals surface area contributed by atoms with Crippen LogP contribution in [-0.4, -0.2) is 43.2 Å². The van der Waals surface area contributed by atoms with E-state index in [-0.39, 0.29) is 23.1 Å². The molecule has 1 aromatic heterocycles. The summed E-state index contributed by atoms with van der Waals surface area (Å²) >= 11 is 8.79. The summed E-state index contributed by atoms with van der Waals surface area (Å²) in [7, 11) is 0. The van der Waals surface area contributed by atoms with E-state index in [9.17, 15) is 9.59 Å². The molecule has 2 aliphatic heterocycles. The number of amides is 1. The van der Waals surface area contributed by atoms with Gasteiger partial charge in [-0.25, -0.2) is 0 Å². The van der Waals surface area contributed by atoms with Gasteiger partial charge in [0, 0.05) is 40.7 Å². The topological polar surface area (TPSA) is 58.6 Å². The molecule has 0 saturated carbocycles. The number of hydrogen-bond acceptors (Lipinski definition) is 6. The van der Waals surface area contributed by atoms with Gasteiger partial charge >= 0.3 is 0 Å². The Hall–Kier alpha value is -3.10. The Morgan fingerprint density at radius 3 is 2.54 bits per heavy atom. The molecule has 5 nitrogen and oxygen atoms in total. The van der Waals surface area contributed by atoms with E-state index in [0.717, 1.165) is 52.8 Å². The van der Waals surface area contributed by atoms with Crippen LogP contribution in [0.1, 0.15) is 17.5 Å². The second kappa shape index (κ2) is 12.0. The number of Topliss-reactive ketones (excluding diaryl/α,β-unsaturated/α-hetero) is 1. The molecule has 1 amide bonds. The van der Waals surface area contributed by atoms with Crippen LogP contribution in [0.2, 0.25) is 0 Å². The van der Waals surface area contributed by atoms with Gasteiger partial charge in [0.15, 0.2) is 5.78 Å². The zero-order valence-electron chi connectivity index (χ0n) is 21.4. The summed E-state index contributed by atoms with van der Waals surface area (Å²) < 4.78 is 5.59. The minimum Gasteiger partial charge on any atom is -0.378 e. The van der Waals surface area contributed by atoms with Crippen LogP contribution in [0.4, 0.5) is 5.69 Å².